The van der Waals surface area contributed by atoms with Crippen molar-refractivity contribution in [3.63, 3.8) is 0 Å². The highest BCUT2D eigenvalue weighted by atomic mass is 35.5. The molecule has 1 aromatic heterocycles. The van der Waals surface area contributed by atoms with Crippen molar-refractivity contribution in [1.82, 2.24) is 9.88 Å². The molecule has 1 aliphatic rings. The Morgan fingerprint density at radius 1 is 1.43 bits per heavy atom. The first kappa shape index (κ1) is 16.4. The van der Waals surface area contributed by atoms with E-state index in [1.165, 1.54) is 0 Å². The van der Waals surface area contributed by atoms with Crippen molar-refractivity contribution in [2.75, 3.05) is 25.0 Å². The number of hydrogen-bond acceptors (Lipinski definition) is 4. The molecule has 1 amide bonds. The molecule has 1 aromatic rings. The SMILES string of the molecule is CCCNc1ccc(Cl)c(C(=O)N2CC(C)SC(C)C2)n1. The maximum atomic E-state index is 12.7. The summed E-state index contributed by atoms with van der Waals surface area (Å²) in [6.07, 6.45) is 1.01. The van der Waals surface area contributed by atoms with Gasteiger partial charge in [-0.15, -0.1) is 0 Å². The van der Waals surface area contributed by atoms with Crippen molar-refractivity contribution in [2.24, 2.45) is 0 Å². The fourth-order valence-corrected chi connectivity index (χ4v) is 3.95. The standard InChI is InChI=1S/C15H22ClN3OS/c1-4-7-17-13-6-5-12(16)14(18-13)15(20)19-8-10(2)21-11(3)9-19/h5-6,10-11H,4,7-9H2,1-3H3,(H,17,18). The lowest BCUT2D eigenvalue weighted by molar-refractivity contribution is 0.0747. The Hall–Kier alpha value is -0.940. The molecule has 1 N–H and O–H groups in total. The van der Waals surface area contributed by atoms with E-state index in [0.717, 1.165) is 26.1 Å². The smallest absolute Gasteiger partial charge is 0.274 e. The van der Waals surface area contributed by atoms with E-state index in [9.17, 15) is 4.79 Å². The monoisotopic (exact) mass is 327 g/mol. The Bertz CT molecular complexity index is 502. The molecule has 1 fully saturated rings. The number of carbonyl (C=O) groups excluding carboxylic acids is 1. The first-order valence-corrected chi connectivity index (χ1v) is 8.68. The number of nitrogens with zero attached hydrogens (tertiary/aromatic N) is 2. The Balaban J connectivity index is 2.17. The number of carbonyl (C=O) groups is 1. The minimum absolute atomic E-state index is 0.0702. The number of thioether (sulfide) groups is 1. The van der Waals surface area contributed by atoms with Crippen LogP contribution in [0.4, 0.5) is 5.82 Å². The van der Waals surface area contributed by atoms with Crippen LogP contribution in [-0.4, -0.2) is 45.9 Å². The second-order valence-corrected chi connectivity index (χ2v) is 7.71. The molecule has 0 saturated carbocycles. The number of amides is 1. The van der Waals surface area contributed by atoms with Gasteiger partial charge in [0.2, 0.25) is 0 Å². The normalized spacial score (nSPS) is 22.2. The lowest BCUT2D eigenvalue weighted by Crippen LogP contribution is -2.44. The second kappa shape index (κ2) is 7.36. The van der Waals surface area contributed by atoms with Gasteiger partial charge < -0.3 is 10.2 Å². The molecular weight excluding hydrogens is 306 g/mol. The van der Waals surface area contributed by atoms with Gasteiger partial charge in [-0.25, -0.2) is 4.98 Å². The van der Waals surface area contributed by atoms with Gasteiger partial charge in [-0.1, -0.05) is 32.4 Å². The Morgan fingerprint density at radius 2 is 2.10 bits per heavy atom. The van der Waals surface area contributed by atoms with Crippen molar-refractivity contribution >= 4 is 35.1 Å². The van der Waals surface area contributed by atoms with Gasteiger partial charge in [0.15, 0.2) is 0 Å². The molecule has 4 nitrogen and oxygen atoms in total. The van der Waals surface area contributed by atoms with Crippen LogP contribution in [0.15, 0.2) is 12.1 Å². The van der Waals surface area contributed by atoms with Crippen molar-refractivity contribution in [1.29, 1.82) is 0 Å². The van der Waals surface area contributed by atoms with Gasteiger partial charge in [0.05, 0.1) is 5.02 Å². The minimum Gasteiger partial charge on any atom is -0.370 e. The van der Waals surface area contributed by atoms with Gasteiger partial charge >= 0.3 is 0 Å². The predicted molar refractivity (Wildman–Crippen MR) is 90.4 cm³/mol. The summed E-state index contributed by atoms with van der Waals surface area (Å²) in [5.41, 5.74) is 0.351. The van der Waals surface area contributed by atoms with Crippen LogP contribution in [-0.2, 0) is 0 Å². The molecule has 0 spiro atoms. The van der Waals surface area contributed by atoms with Crippen molar-refractivity contribution < 1.29 is 4.79 Å². The number of halogens is 1. The van der Waals surface area contributed by atoms with Crippen LogP contribution >= 0.6 is 23.4 Å². The number of pyridine rings is 1. The maximum Gasteiger partial charge on any atom is 0.274 e. The molecule has 0 aromatic carbocycles. The zero-order valence-corrected chi connectivity index (χ0v) is 14.3. The third kappa shape index (κ3) is 4.27. The van der Waals surface area contributed by atoms with E-state index in [1.807, 2.05) is 22.7 Å². The average Bonchev–Trinajstić information content (AvgIpc) is 2.44. The van der Waals surface area contributed by atoms with E-state index in [1.54, 1.807) is 6.07 Å². The van der Waals surface area contributed by atoms with Crippen molar-refractivity contribution in [3.8, 4) is 0 Å². The minimum atomic E-state index is -0.0702. The van der Waals surface area contributed by atoms with Crippen LogP contribution in [0.1, 0.15) is 37.7 Å². The number of rotatable bonds is 4. The van der Waals surface area contributed by atoms with Gasteiger partial charge in [0, 0.05) is 30.1 Å². The molecular formula is C15H22ClN3OS. The quantitative estimate of drug-likeness (QED) is 0.919. The summed E-state index contributed by atoms with van der Waals surface area (Å²) in [6.45, 7) is 8.71. The van der Waals surface area contributed by atoms with Crippen molar-refractivity contribution in [2.45, 2.75) is 37.7 Å². The molecule has 21 heavy (non-hydrogen) atoms. The van der Waals surface area contributed by atoms with E-state index >= 15 is 0 Å². The van der Waals surface area contributed by atoms with Gasteiger partial charge in [-0.05, 0) is 18.6 Å². The average molecular weight is 328 g/mol. The summed E-state index contributed by atoms with van der Waals surface area (Å²) in [4.78, 5) is 18.9. The van der Waals surface area contributed by atoms with Crippen LogP contribution in [0.5, 0.6) is 0 Å². The van der Waals surface area contributed by atoms with Crippen LogP contribution in [0.25, 0.3) is 0 Å². The third-order valence-electron chi connectivity index (χ3n) is 3.31. The third-order valence-corrected chi connectivity index (χ3v) is 4.84. The molecule has 0 radical (unpaired) electrons. The fourth-order valence-electron chi connectivity index (χ4n) is 2.44. The highest BCUT2D eigenvalue weighted by molar-refractivity contribution is 8.00. The molecule has 2 atom stereocenters. The van der Waals surface area contributed by atoms with E-state index in [4.69, 9.17) is 11.6 Å². The molecule has 6 heteroatoms. The van der Waals surface area contributed by atoms with Crippen LogP contribution in [0.3, 0.4) is 0 Å². The molecule has 1 saturated heterocycles. The van der Waals surface area contributed by atoms with E-state index in [0.29, 0.717) is 27.0 Å². The van der Waals surface area contributed by atoms with Gasteiger partial charge in [0.25, 0.3) is 5.91 Å². The molecule has 2 unspecified atom stereocenters. The zero-order chi connectivity index (χ0) is 15.4. The summed E-state index contributed by atoms with van der Waals surface area (Å²) < 4.78 is 0. The summed E-state index contributed by atoms with van der Waals surface area (Å²) in [7, 11) is 0. The van der Waals surface area contributed by atoms with Gasteiger partial charge in [-0.3, -0.25) is 4.79 Å². The predicted octanol–water partition coefficient (Wildman–Crippen LogP) is 3.52. The Labute approximate surface area is 135 Å². The van der Waals surface area contributed by atoms with E-state index in [2.05, 4.69) is 31.1 Å². The first-order valence-electron chi connectivity index (χ1n) is 7.36. The maximum absolute atomic E-state index is 12.7. The van der Waals surface area contributed by atoms with E-state index < -0.39 is 0 Å². The highest BCUT2D eigenvalue weighted by Crippen LogP contribution is 2.27. The van der Waals surface area contributed by atoms with Gasteiger partial charge in [0.1, 0.15) is 11.5 Å². The van der Waals surface area contributed by atoms with Crippen LogP contribution in [0, 0.1) is 0 Å². The van der Waals surface area contributed by atoms with E-state index in [-0.39, 0.29) is 5.91 Å². The Kier molecular flexibility index (Phi) is 5.76. The molecule has 1 aliphatic heterocycles. The zero-order valence-electron chi connectivity index (χ0n) is 12.7. The lowest BCUT2D eigenvalue weighted by atomic mass is 10.2. The molecule has 2 heterocycles. The molecule has 0 aliphatic carbocycles. The van der Waals surface area contributed by atoms with Crippen LogP contribution < -0.4 is 5.32 Å². The fraction of sp³-hybridized carbons (Fsp3) is 0.600. The summed E-state index contributed by atoms with van der Waals surface area (Å²) in [5, 5.41) is 4.49. The molecule has 2 rings (SSSR count). The van der Waals surface area contributed by atoms with Gasteiger partial charge in [-0.2, -0.15) is 11.8 Å². The lowest BCUT2D eigenvalue weighted by Gasteiger charge is -2.34. The second-order valence-electron chi connectivity index (χ2n) is 5.42. The number of aromatic nitrogens is 1. The summed E-state index contributed by atoms with van der Waals surface area (Å²) >= 11 is 8.09. The number of nitrogens with one attached hydrogen (secondary N) is 1. The highest BCUT2D eigenvalue weighted by Gasteiger charge is 2.28. The first-order chi connectivity index (χ1) is 10.0. The molecule has 0 bridgehead atoms. The van der Waals surface area contributed by atoms with Crippen molar-refractivity contribution in [3.05, 3.63) is 22.8 Å². The largest absolute Gasteiger partial charge is 0.370 e. The Morgan fingerprint density at radius 3 is 2.71 bits per heavy atom. The number of hydrogen-bond donors (Lipinski definition) is 1. The number of anilines is 1. The molecule has 116 valence electrons. The van der Waals surface area contributed by atoms with Crippen LogP contribution in [0.2, 0.25) is 5.02 Å². The summed E-state index contributed by atoms with van der Waals surface area (Å²) in [6, 6.07) is 3.55. The topological polar surface area (TPSA) is 45.2 Å². The summed E-state index contributed by atoms with van der Waals surface area (Å²) in [5.74, 6) is 0.635.